The molecule has 0 atom stereocenters. The van der Waals surface area contributed by atoms with Gasteiger partial charge in [0.2, 0.25) is 0 Å². The monoisotopic (exact) mass is 245 g/mol. The van der Waals surface area contributed by atoms with E-state index in [-0.39, 0.29) is 5.82 Å². The van der Waals surface area contributed by atoms with Crippen LogP contribution in [0.2, 0.25) is 0 Å². The molecule has 0 aromatic heterocycles. The predicted octanol–water partition coefficient (Wildman–Crippen LogP) is 3.43. The average molecular weight is 245 g/mol. The Hall–Kier alpha value is -1.87. The second kappa shape index (κ2) is 5.65. The van der Waals surface area contributed by atoms with E-state index in [0.29, 0.717) is 17.9 Å². The van der Waals surface area contributed by atoms with Crippen molar-refractivity contribution in [3.05, 3.63) is 59.4 Å². The SMILES string of the molecule is Cc1cc(Oc2ccc(CCN)cc2)ccc1F. The first-order chi connectivity index (χ1) is 8.69. The molecule has 94 valence electrons. The number of halogens is 1. The first-order valence-electron chi connectivity index (χ1n) is 5.92. The summed E-state index contributed by atoms with van der Waals surface area (Å²) in [6.45, 7) is 2.35. The predicted molar refractivity (Wildman–Crippen MR) is 70.4 cm³/mol. The molecule has 0 saturated carbocycles. The third kappa shape index (κ3) is 3.08. The normalized spacial score (nSPS) is 10.4. The maximum atomic E-state index is 13.1. The van der Waals surface area contributed by atoms with Crippen LogP contribution in [0.4, 0.5) is 4.39 Å². The minimum Gasteiger partial charge on any atom is -0.457 e. The second-order valence-electron chi connectivity index (χ2n) is 4.20. The molecule has 0 heterocycles. The molecule has 0 unspecified atom stereocenters. The number of hydrogen-bond acceptors (Lipinski definition) is 2. The molecule has 18 heavy (non-hydrogen) atoms. The fraction of sp³-hybridized carbons (Fsp3) is 0.200. The van der Waals surface area contributed by atoms with Crippen LogP contribution in [0.25, 0.3) is 0 Å². The highest BCUT2D eigenvalue weighted by atomic mass is 19.1. The van der Waals surface area contributed by atoms with Crippen molar-refractivity contribution in [2.45, 2.75) is 13.3 Å². The van der Waals surface area contributed by atoms with Crippen LogP contribution in [0.5, 0.6) is 11.5 Å². The number of aryl methyl sites for hydroxylation is 1. The summed E-state index contributed by atoms with van der Waals surface area (Å²) in [4.78, 5) is 0. The molecular weight excluding hydrogens is 229 g/mol. The van der Waals surface area contributed by atoms with Gasteiger partial charge in [0.05, 0.1) is 0 Å². The Balaban J connectivity index is 2.10. The smallest absolute Gasteiger partial charge is 0.127 e. The van der Waals surface area contributed by atoms with Gasteiger partial charge in [-0.1, -0.05) is 12.1 Å². The number of benzene rings is 2. The van der Waals surface area contributed by atoms with E-state index < -0.39 is 0 Å². The van der Waals surface area contributed by atoms with E-state index in [2.05, 4.69) is 0 Å². The van der Waals surface area contributed by atoms with Gasteiger partial charge in [0.15, 0.2) is 0 Å². The summed E-state index contributed by atoms with van der Waals surface area (Å²) in [6.07, 6.45) is 0.857. The van der Waals surface area contributed by atoms with E-state index in [4.69, 9.17) is 10.5 Å². The minimum absolute atomic E-state index is 0.222. The van der Waals surface area contributed by atoms with Crippen molar-refractivity contribution < 1.29 is 9.13 Å². The molecule has 0 aliphatic rings. The molecule has 2 N–H and O–H groups in total. The van der Waals surface area contributed by atoms with Gasteiger partial charge in [0.1, 0.15) is 17.3 Å². The lowest BCUT2D eigenvalue weighted by atomic mass is 10.1. The zero-order valence-electron chi connectivity index (χ0n) is 10.3. The van der Waals surface area contributed by atoms with Crippen LogP contribution in [-0.2, 0) is 6.42 Å². The minimum atomic E-state index is -0.222. The van der Waals surface area contributed by atoms with Crippen molar-refractivity contribution in [3.63, 3.8) is 0 Å². The molecule has 0 amide bonds. The molecule has 0 fully saturated rings. The van der Waals surface area contributed by atoms with Crippen molar-refractivity contribution >= 4 is 0 Å². The molecule has 2 nitrogen and oxygen atoms in total. The van der Waals surface area contributed by atoms with Crippen LogP contribution >= 0.6 is 0 Å². The van der Waals surface area contributed by atoms with Crippen molar-refractivity contribution in [2.24, 2.45) is 5.73 Å². The number of nitrogens with two attached hydrogens (primary N) is 1. The van der Waals surface area contributed by atoms with Crippen LogP contribution in [0, 0.1) is 12.7 Å². The van der Waals surface area contributed by atoms with E-state index in [1.54, 1.807) is 19.1 Å². The maximum absolute atomic E-state index is 13.1. The van der Waals surface area contributed by atoms with Gasteiger partial charge >= 0.3 is 0 Å². The zero-order valence-corrected chi connectivity index (χ0v) is 10.3. The standard InChI is InChI=1S/C15H16FNO/c1-11-10-14(6-7-15(11)16)18-13-4-2-12(3-5-13)8-9-17/h2-7,10H,8-9,17H2,1H3. The quantitative estimate of drug-likeness (QED) is 0.895. The lowest BCUT2D eigenvalue weighted by Crippen LogP contribution is -2.02. The first kappa shape index (κ1) is 12.6. The van der Waals surface area contributed by atoms with Crippen molar-refractivity contribution in [3.8, 4) is 11.5 Å². The van der Waals surface area contributed by atoms with Crippen molar-refractivity contribution in [1.82, 2.24) is 0 Å². The Kier molecular flexibility index (Phi) is 3.95. The van der Waals surface area contributed by atoms with Gasteiger partial charge in [-0.05, 0) is 61.3 Å². The van der Waals surface area contributed by atoms with Gasteiger partial charge in [-0.15, -0.1) is 0 Å². The van der Waals surface area contributed by atoms with Crippen molar-refractivity contribution in [2.75, 3.05) is 6.54 Å². The van der Waals surface area contributed by atoms with Gasteiger partial charge in [-0.25, -0.2) is 4.39 Å². The molecule has 0 spiro atoms. The van der Waals surface area contributed by atoms with Gasteiger partial charge in [0, 0.05) is 0 Å². The molecule has 2 aromatic carbocycles. The van der Waals surface area contributed by atoms with Crippen LogP contribution in [-0.4, -0.2) is 6.54 Å². The lowest BCUT2D eigenvalue weighted by Gasteiger charge is -2.07. The van der Waals surface area contributed by atoms with E-state index in [1.807, 2.05) is 24.3 Å². The van der Waals surface area contributed by atoms with Crippen LogP contribution in [0.3, 0.4) is 0 Å². The molecule has 2 rings (SSSR count). The first-order valence-corrected chi connectivity index (χ1v) is 5.92. The van der Waals surface area contributed by atoms with E-state index in [1.165, 1.54) is 11.6 Å². The number of rotatable bonds is 4. The van der Waals surface area contributed by atoms with E-state index >= 15 is 0 Å². The van der Waals surface area contributed by atoms with Crippen LogP contribution < -0.4 is 10.5 Å². The summed E-state index contributed by atoms with van der Waals surface area (Å²) in [5.41, 5.74) is 7.24. The summed E-state index contributed by atoms with van der Waals surface area (Å²) in [7, 11) is 0. The second-order valence-corrected chi connectivity index (χ2v) is 4.20. The average Bonchev–Trinajstić information content (AvgIpc) is 2.37. The summed E-state index contributed by atoms with van der Waals surface area (Å²) >= 11 is 0. The Labute approximate surface area is 106 Å². The summed E-state index contributed by atoms with van der Waals surface area (Å²) < 4.78 is 18.8. The maximum Gasteiger partial charge on any atom is 0.127 e. The molecule has 3 heteroatoms. The molecule has 2 aromatic rings. The summed E-state index contributed by atoms with van der Waals surface area (Å²) in [5.74, 6) is 1.16. The third-order valence-corrected chi connectivity index (χ3v) is 2.72. The van der Waals surface area contributed by atoms with Gasteiger partial charge < -0.3 is 10.5 Å². The van der Waals surface area contributed by atoms with Crippen molar-refractivity contribution in [1.29, 1.82) is 0 Å². The largest absolute Gasteiger partial charge is 0.457 e. The van der Waals surface area contributed by atoms with Crippen LogP contribution in [0.15, 0.2) is 42.5 Å². The fourth-order valence-electron chi connectivity index (χ4n) is 1.71. The Morgan fingerprint density at radius 3 is 2.33 bits per heavy atom. The van der Waals surface area contributed by atoms with Gasteiger partial charge in [0.25, 0.3) is 0 Å². The molecule has 0 radical (unpaired) electrons. The Morgan fingerprint density at radius 2 is 1.72 bits per heavy atom. The van der Waals surface area contributed by atoms with E-state index in [0.717, 1.165) is 12.2 Å². The lowest BCUT2D eigenvalue weighted by molar-refractivity contribution is 0.479. The molecule has 0 bridgehead atoms. The summed E-state index contributed by atoms with van der Waals surface area (Å²) in [6, 6.07) is 12.5. The summed E-state index contributed by atoms with van der Waals surface area (Å²) in [5, 5.41) is 0. The molecule has 0 aliphatic carbocycles. The van der Waals surface area contributed by atoms with Gasteiger partial charge in [-0.2, -0.15) is 0 Å². The highest BCUT2D eigenvalue weighted by molar-refractivity contribution is 5.35. The van der Waals surface area contributed by atoms with Gasteiger partial charge in [-0.3, -0.25) is 0 Å². The highest BCUT2D eigenvalue weighted by Gasteiger charge is 2.01. The highest BCUT2D eigenvalue weighted by Crippen LogP contribution is 2.23. The molecule has 0 aliphatic heterocycles. The van der Waals surface area contributed by atoms with Crippen LogP contribution in [0.1, 0.15) is 11.1 Å². The zero-order chi connectivity index (χ0) is 13.0. The Morgan fingerprint density at radius 1 is 1.06 bits per heavy atom. The number of hydrogen-bond donors (Lipinski definition) is 1. The van der Waals surface area contributed by atoms with E-state index in [9.17, 15) is 4.39 Å². The molecular formula is C15H16FNO. The molecule has 0 saturated heterocycles. The fourth-order valence-corrected chi connectivity index (χ4v) is 1.71. The third-order valence-electron chi connectivity index (χ3n) is 2.72. The number of ether oxygens (including phenoxy) is 1. The Bertz CT molecular complexity index is 523. The topological polar surface area (TPSA) is 35.2 Å².